The molecule has 0 aromatic heterocycles. The zero-order valence-corrected chi connectivity index (χ0v) is 15.8. The normalized spacial score (nSPS) is 11.8. The predicted molar refractivity (Wildman–Crippen MR) is 99.5 cm³/mol. The molecular weight excluding hydrogens is 370 g/mol. The van der Waals surface area contributed by atoms with E-state index in [9.17, 15) is 9.59 Å². The SMILES string of the molecule is COc1cc(SC)ccc1C(=O)OCC(=O)NCc1ccc2c(c1)OCO2. The average molecular weight is 389 g/mol. The molecule has 0 spiro atoms. The van der Waals surface area contributed by atoms with Crippen LogP contribution in [0.4, 0.5) is 0 Å². The first-order valence-electron chi connectivity index (χ1n) is 8.15. The van der Waals surface area contributed by atoms with E-state index >= 15 is 0 Å². The number of hydrogen-bond donors (Lipinski definition) is 1. The molecule has 0 bridgehead atoms. The molecular formula is C19H19NO6S. The summed E-state index contributed by atoms with van der Waals surface area (Å²) < 4.78 is 20.8. The molecule has 3 rings (SSSR count). The molecule has 2 aromatic carbocycles. The number of benzene rings is 2. The number of ether oxygens (including phenoxy) is 4. The maximum atomic E-state index is 12.2. The van der Waals surface area contributed by atoms with Crippen molar-refractivity contribution in [3.05, 3.63) is 47.5 Å². The Morgan fingerprint density at radius 1 is 1.15 bits per heavy atom. The van der Waals surface area contributed by atoms with Gasteiger partial charge in [0.05, 0.1) is 7.11 Å². The van der Waals surface area contributed by atoms with E-state index in [1.54, 1.807) is 30.3 Å². The van der Waals surface area contributed by atoms with Gasteiger partial charge in [0.1, 0.15) is 11.3 Å². The molecule has 2 aromatic rings. The molecule has 1 aliphatic rings. The summed E-state index contributed by atoms with van der Waals surface area (Å²) in [5, 5.41) is 2.70. The molecule has 0 aliphatic carbocycles. The molecule has 8 heteroatoms. The second-order valence-electron chi connectivity index (χ2n) is 5.61. The van der Waals surface area contributed by atoms with Crippen LogP contribution in [-0.4, -0.2) is 38.6 Å². The third-order valence-electron chi connectivity index (χ3n) is 3.89. The van der Waals surface area contributed by atoms with E-state index in [-0.39, 0.29) is 19.0 Å². The van der Waals surface area contributed by atoms with Crippen molar-refractivity contribution in [1.29, 1.82) is 0 Å². The van der Waals surface area contributed by atoms with Crippen molar-refractivity contribution in [2.45, 2.75) is 11.4 Å². The van der Waals surface area contributed by atoms with E-state index in [0.29, 0.717) is 23.8 Å². The van der Waals surface area contributed by atoms with Gasteiger partial charge < -0.3 is 24.3 Å². The molecule has 1 amide bonds. The third kappa shape index (κ3) is 4.65. The molecule has 0 radical (unpaired) electrons. The molecule has 1 N–H and O–H groups in total. The fourth-order valence-corrected chi connectivity index (χ4v) is 2.91. The standard InChI is InChI=1S/C19H19NO6S/c1-23-16-8-13(27-2)4-5-14(16)19(22)24-10-18(21)20-9-12-3-6-15-17(7-12)26-11-25-15/h3-8H,9-11H2,1-2H3,(H,20,21). The van der Waals surface area contributed by atoms with Crippen LogP contribution in [0.2, 0.25) is 0 Å². The molecule has 7 nitrogen and oxygen atoms in total. The fraction of sp³-hybridized carbons (Fsp3) is 0.263. The number of carbonyl (C=O) groups is 2. The second kappa shape index (κ2) is 8.68. The Morgan fingerprint density at radius 2 is 1.96 bits per heavy atom. The quantitative estimate of drug-likeness (QED) is 0.576. The van der Waals surface area contributed by atoms with Gasteiger partial charge in [-0.1, -0.05) is 6.07 Å². The van der Waals surface area contributed by atoms with Gasteiger partial charge in [-0.15, -0.1) is 11.8 Å². The van der Waals surface area contributed by atoms with Crippen LogP contribution in [0, 0.1) is 0 Å². The van der Waals surface area contributed by atoms with Gasteiger partial charge >= 0.3 is 5.97 Å². The van der Waals surface area contributed by atoms with Crippen LogP contribution in [0.25, 0.3) is 0 Å². The predicted octanol–water partition coefficient (Wildman–Crippen LogP) is 2.62. The largest absolute Gasteiger partial charge is 0.496 e. The Kier molecular flexibility index (Phi) is 6.08. The van der Waals surface area contributed by atoms with Gasteiger partial charge in [-0.25, -0.2) is 4.79 Å². The van der Waals surface area contributed by atoms with E-state index in [1.165, 1.54) is 18.9 Å². The molecule has 1 aliphatic heterocycles. The Bertz CT molecular complexity index is 854. The highest BCUT2D eigenvalue weighted by atomic mass is 32.2. The van der Waals surface area contributed by atoms with Gasteiger partial charge in [0.2, 0.25) is 6.79 Å². The Hall–Kier alpha value is -2.87. The Morgan fingerprint density at radius 3 is 2.74 bits per heavy atom. The van der Waals surface area contributed by atoms with E-state index < -0.39 is 11.9 Å². The highest BCUT2D eigenvalue weighted by molar-refractivity contribution is 7.98. The summed E-state index contributed by atoms with van der Waals surface area (Å²) in [5.74, 6) is 0.723. The third-order valence-corrected chi connectivity index (χ3v) is 4.61. The highest BCUT2D eigenvalue weighted by Crippen LogP contribution is 2.32. The van der Waals surface area contributed by atoms with Crippen LogP contribution in [0.3, 0.4) is 0 Å². The minimum atomic E-state index is -0.613. The van der Waals surface area contributed by atoms with Crippen molar-refractivity contribution in [2.75, 3.05) is 26.8 Å². The molecule has 0 atom stereocenters. The molecule has 0 unspecified atom stereocenters. The summed E-state index contributed by atoms with van der Waals surface area (Å²) in [5.41, 5.74) is 1.13. The summed E-state index contributed by atoms with van der Waals surface area (Å²) in [6, 6.07) is 10.6. The zero-order valence-electron chi connectivity index (χ0n) is 14.9. The first-order chi connectivity index (χ1) is 13.1. The van der Waals surface area contributed by atoms with Crippen LogP contribution in [0.15, 0.2) is 41.3 Å². The van der Waals surface area contributed by atoms with E-state index in [2.05, 4.69) is 5.32 Å². The molecule has 0 saturated heterocycles. The van der Waals surface area contributed by atoms with Crippen molar-refractivity contribution >= 4 is 23.6 Å². The van der Waals surface area contributed by atoms with Crippen molar-refractivity contribution in [3.63, 3.8) is 0 Å². The van der Waals surface area contributed by atoms with Gasteiger partial charge in [-0.3, -0.25) is 4.79 Å². The first kappa shape index (κ1) is 18.9. The van der Waals surface area contributed by atoms with Gasteiger partial charge in [0.15, 0.2) is 18.1 Å². The number of amides is 1. The lowest BCUT2D eigenvalue weighted by Crippen LogP contribution is -2.28. The van der Waals surface area contributed by atoms with Crippen LogP contribution >= 0.6 is 11.8 Å². The van der Waals surface area contributed by atoms with Crippen molar-refractivity contribution in [3.8, 4) is 17.2 Å². The fourth-order valence-electron chi connectivity index (χ4n) is 2.48. The van der Waals surface area contributed by atoms with Gasteiger partial charge in [-0.05, 0) is 42.2 Å². The molecule has 0 fully saturated rings. The van der Waals surface area contributed by atoms with Crippen molar-refractivity contribution < 1.29 is 28.5 Å². The first-order valence-corrected chi connectivity index (χ1v) is 9.37. The number of thioether (sulfide) groups is 1. The second-order valence-corrected chi connectivity index (χ2v) is 6.49. The molecule has 142 valence electrons. The van der Waals surface area contributed by atoms with Gasteiger partial charge in [0.25, 0.3) is 5.91 Å². The summed E-state index contributed by atoms with van der Waals surface area (Å²) >= 11 is 1.54. The maximum absolute atomic E-state index is 12.2. The summed E-state index contributed by atoms with van der Waals surface area (Å²) in [7, 11) is 1.48. The number of carbonyl (C=O) groups excluding carboxylic acids is 2. The Labute approximate surface area is 160 Å². The molecule has 1 heterocycles. The van der Waals surface area contributed by atoms with E-state index in [4.69, 9.17) is 18.9 Å². The number of esters is 1. The topological polar surface area (TPSA) is 83.1 Å². The lowest BCUT2D eigenvalue weighted by molar-refractivity contribution is -0.124. The smallest absolute Gasteiger partial charge is 0.342 e. The monoisotopic (exact) mass is 389 g/mol. The Balaban J connectivity index is 1.51. The van der Waals surface area contributed by atoms with Crippen molar-refractivity contribution in [1.82, 2.24) is 5.32 Å². The molecule has 27 heavy (non-hydrogen) atoms. The number of methoxy groups -OCH3 is 1. The summed E-state index contributed by atoms with van der Waals surface area (Å²) in [6.45, 7) is 0.109. The van der Waals surface area contributed by atoms with Crippen LogP contribution < -0.4 is 19.5 Å². The van der Waals surface area contributed by atoms with Crippen molar-refractivity contribution in [2.24, 2.45) is 0 Å². The summed E-state index contributed by atoms with van der Waals surface area (Å²) in [4.78, 5) is 25.1. The van der Waals surface area contributed by atoms with E-state index in [0.717, 1.165) is 10.5 Å². The van der Waals surface area contributed by atoms with Gasteiger partial charge in [0, 0.05) is 11.4 Å². The highest BCUT2D eigenvalue weighted by Gasteiger charge is 2.16. The van der Waals surface area contributed by atoms with Crippen LogP contribution in [0.5, 0.6) is 17.2 Å². The summed E-state index contributed by atoms with van der Waals surface area (Å²) in [6.07, 6.45) is 1.93. The van der Waals surface area contributed by atoms with Gasteiger partial charge in [-0.2, -0.15) is 0 Å². The van der Waals surface area contributed by atoms with Crippen LogP contribution in [0.1, 0.15) is 15.9 Å². The number of hydrogen-bond acceptors (Lipinski definition) is 7. The average Bonchev–Trinajstić information content (AvgIpc) is 3.17. The number of fused-ring (bicyclic) bond motifs is 1. The van der Waals surface area contributed by atoms with E-state index in [1.807, 2.05) is 12.3 Å². The lowest BCUT2D eigenvalue weighted by Gasteiger charge is -2.10. The number of rotatable bonds is 7. The minimum Gasteiger partial charge on any atom is -0.496 e. The van der Waals surface area contributed by atoms with Crippen LogP contribution in [-0.2, 0) is 16.1 Å². The molecule has 0 saturated carbocycles. The maximum Gasteiger partial charge on any atom is 0.342 e. The minimum absolute atomic E-state index is 0.197. The zero-order chi connectivity index (χ0) is 19.2. The lowest BCUT2D eigenvalue weighted by atomic mass is 10.2. The number of nitrogens with one attached hydrogen (secondary N) is 1.